The second-order valence-electron chi connectivity index (χ2n) is 8.29. The SMILES string of the molecule is C=C.CC1=C(C(=O)N2CCCC2CN)CC=CC(C(=O)NCc2nc3ccc(Cl)cc3[nH]2)C1. The van der Waals surface area contributed by atoms with Crippen LogP contribution in [-0.4, -0.2) is 45.8 Å². The molecule has 0 bridgehead atoms. The summed E-state index contributed by atoms with van der Waals surface area (Å²) in [5, 5.41) is 3.59. The molecule has 33 heavy (non-hydrogen) atoms. The summed E-state index contributed by atoms with van der Waals surface area (Å²) in [5.41, 5.74) is 9.25. The molecule has 2 unspecified atom stereocenters. The smallest absolute Gasteiger partial charge is 0.250 e. The van der Waals surface area contributed by atoms with E-state index in [0.29, 0.717) is 36.8 Å². The average molecular weight is 470 g/mol. The number of fused-ring (bicyclic) bond motifs is 1. The number of aromatic amines is 1. The van der Waals surface area contributed by atoms with E-state index in [9.17, 15) is 9.59 Å². The number of aromatic nitrogens is 2. The van der Waals surface area contributed by atoms with Crippen molar-refractivity contribution in [2.75, 3.05) is 13.1 Å². The highest BCUT2D eigenvalue weighted by atomic mass is 35.5. The standard InChI is InChI=1S/C23H28ClN5O2.C2H4/c1-14-10-15(4-2-6-18(14)23(31)29-9-3-5-17(29)12-25)22(30)26-13-21-27-19-8-7-16(24)11-20(19)28-21;1-2/h2,4,7-8,11,15,17H,3,5-6,9-10,12-13,25H2,1H3,(H,26,30)(H,27,28);1-2H2. The molecule has 0 radical (unpaired) electrons. The van der Waals surface area contributed by atoms with E-state index >= 15 is 0 Å². The van der Waals surface area contributed by atoms with Gasteiger partial charge in [-0.1, -0.05) is 29.3 Å². The molecular weight excluding hydrogens is 438 g/mol. The zero-order valence-electron chi connectivity index (χ0n) is 19.1. The van der Waals surface area contributed by atoms with Crippen molar-refractivity contribution in [3.05, 3.63) is 65.5 Å². The quantitative estimate of drug-likeness (QED) is 0.578. The molecule has 7 nitrogen and oxygen atoms in total. The molecule has 2 aromatic rings. The van der Waals surface area contributed by atoms with Crippen LogP contribution in [0.25, 0.3) is 11.0 Å². The first-order chi connectivity index (χ1) is 16.0. The summed E-state index contributed by atoms with van der Waals surface area (Å²) in [6.45, 7) is 9.51. The third kappa shape index (κ3) is 5.72. The number of benzene rings is 1. The monoisotopic (exact) mass is 469 g/mol. The minimum absolute atomic E-state index is 0.0668. The van der Waals surface area contributed by atoms with E-state index in [4.69, 9.17) is 17.3 Å². The van der Waals surface area contributed by atoms with Crippen LogP contribution in [0, 0.1) is 5.92 Å². The van der Waals surface area contributed by atoms with Gasteiger partial charge in [0.25, 0.3) is 0 Å². The van der Waals surface area contributed by atoms with Crippen molar-refractivity contribution in [2.45, 2.75) is 45.2 Å². The Morgan fingerprint density at radius 3 is 2.91 bits per heavy atom. The van der Waals surface area contributed by atoms with E-state index in [1.807, 2.05) is 36.1 Å². The van der Waals surface area contributed by atoms with Crippen molar-refractivity contribution in [3.63, 3.8) is 0 Å². The van der Waals surface area contributed by atoms with Gasteiger partial charge < -0.3 is 20.9 Å². The number of nitrogens with one attached hydrogen (secondary N) is 2. The Balaban J connectivity index is 0.00000149. The van der Waals surface area contributed by atoms with Crippen LogP contribution >= 0.6 is 11.6 Å². The summed E-state index contributed by atoms with van der Waals surface area (Å²) in [6, 6.07) is 5.56. The van der Waals surface area contributed by atoms with Gasteiger partial charge in [0.2, 0.25) is 11.8 Å². The number of H-pyrrole nitrogens is 1. The van der Waals surface area contributed by atoms with Crippen LogP contribution in [0.3, 0.4) is 0 Å². The van der Waals surface area contributed by atoms with E-state index in [1.165, 1.54) is 0 Å². The number of hydrogen-bond acceptors (Lipinski definition) is 4. The van der Waals surface area contributed by atoms with Crippen LogP contribution in [0.2, 0.25) is 5.02 Å². The molecule has 1 aromatic carbocycles. The van der Waals surface area contributed by atoms with Crippen LogP contribution < -0.4 is 11.1 Å². The van der Waals surface area contributed by atoms with E-state index in [1.54, 1.807) is 6.07 Å². The largest absolute Gasteiger partial charge is 0.348 e. The second kappa shape index (κ2) is 11.3. The van der Waals surface area contributed by atoms with Crippen LogP contribution in [0.1, 0.15) is 38.4 Å². The maximum absolute atomic E-state index is 13.1. The van der Waals surface area contributed by atoms with Crippen molar-refractivity contribution in [1.29, 1.82) is 0 Å². The summed E-state index contributed by atoms with van der Waals surface area (Å²) >= 11 is 6.02. The van der Waals surface area contributed by atoms with Crippen molar-refractivity contribution in [3.8, 4) is 0 Å². The zero-order chi connectivity index (χ0) is 24.0. The lowest BCUT2D eigenvalue weighted by molar-refractivity contribution is -0.128. The van der Waals surface area contributed by atoms with E-state index in [-0.39, 0.29) is 23.8 Å². The first-order valence-electron chi connectivity index (χ1n) is 11.2. The second-order valence-corrected chi connectivity index (χ2v) is 8.73. The number of nitrogens with two attached hydrogens (primary N) is 1. The molecule has 4 rings (SSSR count). The van der Waals surface area contributed by atoms with E-state index < -0.39 is 0 Å². The summed E-state index contributed by atoms with van der Waals surface area (Å²) in [4.78, 5) is 35.5. The maximum atomic E-state index is 13.1. The molecule has 4 N–H and O–H groups in total. The molecule has 176 valence electrons. The van der Waals surface area contributed by atoms with Gasteiger partial charge in [-0.2, -0.15) is 0 Å². The molecule has 2 aliphatic rings. The highest BCUT2D eigenvalue weighted by Crippen LogP contribution is 2.28. The zero-order valence-corrected chi connectivity index (χ0v) is 19.8. The fourth-order valence-corrected chi connectivity index (χ4v) is 4.61. The van der Waals surface area contributed by atoms with Gasteiger partial charge in [-0.15, -0.1) is 13.2 Å². The van der Waals surface area contributed by atoms with Crippen molar-refractivity contribution < 1.29 is 9.59 Å². The molecule has 0 spiro atoms. The predicted octanol–water partition coefficient (Wildman–Crippen LogP) is 3.87. The Morgan fingerprint density at radius 1 is 1.36 bits per heavy atom. The number of nitrogens with zero attached hydrogens (tertiary/aromatic N) is 2. The van der Waals surface area contributed by atoms with Crippen LogP contribution in [0.4, 0.5) is 0 Å². The Hall–Kier alpha value is -2.90. The molecule has 1 aromatic heterocycles. The minimum Gasteiger partial charge on any atom is -0.348 e. The first-order valence-corrected chi connectivity index (χ1v) is 11.6. The lowest BCUT2D eigenvalue weighted by Crippen LogP contribution is -2.40. The molecule has 1 aliphatic heterocycles. The Labute approximate surface area is 199 Å². The number of carbonyl (C=O) groups excluding carboxylic acids is 2. The topological polar surface area (TPSA) is 104 Å². The summed E-state index contributed by atoms with van der Waals surface area (Å²) in [5.74, 6) is 0.349. The van der Waals surface area contributed by atoms with Gasteiger partial charge in [0.05, 0.1) is 23.5 Å². The lowest BCUT2D eigenvalue weighted by atomic mass is 9.97. The Bertz CT molecular complexity index is 1070. The number of carbonyl (C=O) groups is 2. The van der Waals surface area contributed by atoms with Crippen molar-refractivity contribution in [1.82, 2.24) is 20.2 Å². The molecule has 2 amide bonds. The van der Waals surface area contributed by atoms with Crippen LogP contribution in [-0.2, 0) is 16.1 Å². The van der Waals surface area contributed by atoms with Gasteiger partial charge in [0.1, 0.15) is 5.82 Å². The highest BCUT2D eigenvalue weighted by Gasteiger charge is 2.31. The summed E-state index contributed by atoms with van der Waals surface area (Å²) in [7, 11) is 0. The van der Waals surface area contributed by atoms with Gasteiger partial charge in [-0.3, -0.25) is 9.59 Å². The number of hydrogen-bond donors (Lipinski definition) is 3. The number of halogens is 1. The van der Waals surface area contributed by atoms with Gasteiger partial charge in [0.15, 0.2) is 0 Å². The summed E-state index contributed by atoms with van der Waals surface area (Å²) < 4.78 is 0. The number of amides is 2. The van der Waals surface area contributed by atoms with Crippen LogP contribution in [0.15, 0.2) is 54.7 Å². The number of allylic oxidation sites excluding steroid dienone is 2. The Kier molecular flexibility index (Phi) is 8.47. The van der Waals surface area contributed by atoms with Crippen LogP contribution in [0.5, 0.6) is 0 Å². The molecule has 0 saturated carbocycles. The number of imidazole rings is 1. The van der Waals surface area contributed by atoms with Gasteiger partial charge >= 0.3 is 0 Å². The van der Waals surface area contributed by atoms with Gasteiger partial charge in [-0.05, 0) is 50.8 Å². The summed E-state index contributed by atoms with van der Waals surface area (Å²) in [6.07, 6.45) is 6.87. The molecule has 1 aliphatic carbocycles. The molecule has 1 saturated heterocycles. The van der Waals surface area contributed by atoms with E-state index in [2.05, 4.69) is 28.4 Å². The third-order valence-corrected chi connectivity index (χ3v) is 6.39. The normalized spacial score (nSPS) is 20.4. The fourth-order valence-electron chi connectivity index (χ4n) is 4.44. The number of likely N-dealkylation sites (tertiary alicyclic amines) is 1. The average Bonchev–Trinajstić information content (AvgIpc) is 3.41. The Morgan fingerprint density at radius 2 is 2.15 bits per heavy atom. The van der Waals surface area contributed by atoms with Crippen molar-refractivity contribution in [2.24, 2.45) is 11.7 Å². The first kappa shape index (κ1) is 24.7. The predicted molar refractivity (Wildman–Crippen MR) is 133 cm³/mol. The fraction of sp³-hybridized carbons (Fsp3) is 0.400. The minimum atomic E-state index is -0.312. The van der Waals surface area contributed by atoms with E-state index in [0.717, 1.165) is 41.6 Å². The number of rotatable bonds is 5. The maximum Gasteiger partial charge on any atom is 0.250 e. The van der Waals surface area contributed by atoms with Gasteiger partial charge in [0, 0.05) is 29.7 Å². The molecule has 2 atom stereocenters. The molecule has 2 heterocycles. The van der Waals surface area contributed by atoms with Gasteiger partial charge in [-0.25, -0.2) is 4.98 Å². The molecule has 1 fully saturated rings. The molecular formula is C25H32ClN5O2. The highest BCUT2D eigenvalue weighted by molar-refractivity contribution is 6.31. The third-order valence-electron chi connectivity index (χ3n) is 6.16. The molecule has 8 heteroatoms. The lowest BCUT2D eigenvalue weighted by Gasteiger charge is -2.25. The van der Waals surface area contributed by atoms with Crippen molar-refractivity contribution >= 4 is 34.4 Å².